The summed E-state index contributed by atoms with van der Waals surface area (Å²) in [5.74, 6) is 0. The molecule has 3 saturated heterocycles. The molecule has 0 bridgehead atoms. The maximum absolute atomic E-state index is 10.7. The molecule has 3 aliphatic rings. The van der Waals surface area contributed by atoms with E-state index in [0.717, 1.165) is 50.6 Å². The zero-order valence-corrected chi connectivity index (χ0v) is 49.5. The highest BCUT2D eigenvalue weighted by atomic mass is 28.4. The summed E-state index contributed by atoms with van der Waals surface area (Å²) in [5, 5.41) is 34.1. The first-order chi connectivity index (χ1) is 27.3. The van der Waals surface area contributed by atoms with Crippen LogP contribution in [0.15, 0.2) is 0 Å². The van der Waals surface area contributed by atoms with Crippen molar-refractivity contribution < 1.29 is 42.1 Å². The molecule has 0 aromatic rings. The van der Waals surface area contributed by atoms with E-state index in [1.54, 1.807) is 28.4 Å². The van der Waals surface area contributed by atoms with Crippen LogP contribution in [-0.2, 0) is 26.6 Å². The monoisotopic (exact) mass is 954 g/mol. The Balaban J connectivity index is 0.000000563. The van der Waals surface area contributed by atoms with E-state index in [4.69, 9.17) is 26.6 Å². The van der Waals surface area contributed by atoms with Gasteiger partial charge in [0.15, 0.2) is 16.6 Å². The molecule has 62 heavy (non-hydrogen) atoms. The number of hydrogen-bond donors (Lipinski definition) is 3. The lowest BCUT2D eigenvalue weighted by Crippen LogP contribution is -2.62. The van der Waals surface area contributed by atoms with E-state index in [2.05, 4.69) is 162 Å². The molecule has 3 fully saturated rings. The number of hydrogen-bond acceptors (Lipinski definition) is 12. The van der Waals surface area contributed by atoms with Crippen molar-refractivity contribution in [1.82, 2.24) is 15.0 Å². The standard InChI is InChI=1S/C26H56N2O4Si2.C10H21NO.C10H26O4Si2/c1-22(2)15-20(16-23(3,4)27(22)29)31-33(11,12)19-26(9,10)34(13,14)32-21-17-24(5,6)28(30)25(7,8)18-21;1-9(2)6-8(12)7-10(3,4)11(9)5;1-10(2,16(8,13-5)14-6)9-15(7,11-3)12-4/h20-21,29-30H,15-19H2,1-14H3;8,12H,6-7H2,1-5H3;9H2,1-8H3. The number of rotatable bonds is 14. The van der Waals surface area contributed by atoms with Crippen molar-refractivity contribution in [3.05, 3.63) is 0 Å². The minimum atomic E-state index is -2.19. The Morgan fingerprint density at radius 2 is 0.823 bits per heavy atom. The van der Waals surface area contributed by atoms with Crippen LogP contribution in [-0.4, -0.2) is 151 Å². The molecule has 372 valence electrons. The average molecular weight is 955 g/mol. The molecule has 0 aromatic carbocycles. The predicted molar refractivity (Wildman–Crippen MR) is 267 cm³/mol. The molecule has 16 heteroatoms. The third kappa shape index (κ3) is 15.2. The summed E-state index contributed by atoms with van der Waals surface area (Å²) in [4.78, 5) is 2.37. The third-order valence-electron chi connectivity index (χ3n) is 15.6. The molecule has 0 aliphatic carbocycles. The van der Waals surface area contributed by atoms with Gasteiger partial charge in [-0.25, -0.2) is 0 Å². The Morgan fingerprint density at radius 1 is 0.500 bits per heavy atom. The van der Waals surface area contributed by atoms with Gasteiger partial charge in [-0.2, -0.15) is 10.1 Å². The van der Waals surface area contributed by atoms with Gasteiger partial charge >= 0.3 is 17.1 Å². The van der Waals surface area contributed by atoms with Gasteiger partial charge in [0.2, 0.25) is 0 Å². The van der Waals surface area contributed by atoms with Gasteiger partial charge in [-0.3, -0.25) is 4.90 Å². The van der Waals surface area contributed by atoms with Gasteiger partial charge in [-0.05, 0) is 185 Å². The molecule has 0 saturated carbocycles. The zero-order chi connectivity index (χ0) is 49.4. The van der Waals surface area contributed by atoms with Crippen LogP contribution >= 0.6 is 0 Å². The number of likely N-dealkylation sites (tertiary alicyclic amines) is 1. The van der Waals surface area contributed by atoms with Crippen molar-refractivity contribution >= 4 is 33.8 Å². The van der Waals surface area contributed by atoms with E-state index in [1.807, 2.05) is 0 Å². The SMILES string of the molecule is CC1(C)CC(O[Si](C)(C)CC(C)(C)[Si](C)(C)OC2CC(C)(C)N(O)C(C)(C)C2)CC(C)(C)N1O.CN1C(C)(C)CC(O)CC1(C)C.CO[Si](C)(CC(C)(C)[Si](C)(OC)OC)OC. The number of nitrogens with zero attached hydrogens (tertiary/aromatic N) is 3. The zero-order valence-electron chi connectivity index (χ0n) is 45.5. The van der Waals surface area contributed by atoms with Crippen LogP contribution in [0.5, 0.6) is 0 Å². The van der Waals surface area contributed by atoms with Crippen LogP contribution in [0.3, 0.4) is 0 Å². The summed E-state index contributed by atoms with van der Waals surface area (Å²) in [5.41, 5.74) is -0.962. The molecule has 3 N–H and O–H groups in total. The smallest absolute Gasteiger partial charge is 0.340 e. The van der Waals surface area contributed by atoms with Gasteiger partial charge in [0.1, 0.15) is 0 Å². The van der Waals surface area contributed by atoms with E-state index in [1.165, 1.54) is 10.1 Å². The van der Waals surface area contributed by atoms with Crippen LogP contribution in [0.2, 0.25) is 61.4 Å². The first-order valence-corrected chi connectivity index (χ1v) is 34.1. The number of hydroxylamine groups is 4. The Morgan fingerprint density at radius 3 is 1.13 bits per heavy atom. The van der Waals surface area contributed by atoms with Crippen molar-refractivity contribution in [1.29, 1.82) is 0 Å². The Kier molecular flexibility index (Phi) is 20.0. The van der Waals surface area contributed by atoms with Gasteiger partial charge < -0.3 is 42.1 Å². The molecule has 0 atom stereocenters. The number of aliphatic hydroxyl groups excluding tert-OH is 1. The molecule has 3 rings (SSSR count). The van der Waals surface area contributed by atoms with Gasteiger partial charge in [0.25, 0.3) is 0 Å². The largest absolute Gasteiger partial charge is 0.414 e. The van der Waals surface area contributed by atoms with Gasteiger partial charge in [-0.1, -0.05) is 27.7 Å². The molecule has 3 heterocycles. The lowest BCUT2D eigenvalue weighted by Gasteiger charge is -2.54. The maximum Gasteiger partial charge on any atom is 0.340 e. The van der Waals surface area contributed by atoms with E-state index in [-0.39, 0.29) is 61.6 Å². The molecule has 12 nitrogen and oxygen atoms in total. The fourth-order valence-electron chi connectivity index (χ4n) is 11.0. The van der Waals surface area contributed by atoms with Gasteiger partial charge in [-0.15, -0.1) is 0 Å². The quantitative estimate of drug-likeness (QED) is 0.144. The van der Waals surface area contributed by atoms with Crippen molar-refractivity contribution in [3.8, 4) is 0 Å². The Bertz CT molecular complexity index is 1360. The van der Waals surface area contributed by atoms with Crippen LogP contribution in [0.4, 0.5) is 0 Å². The topological polar surface area (TPSA) is 126 Å². The summed E-state index contributed by atoms with van der Waals surface area (Å²) < 4.78 is 36.2. The Hall–Kier alpha value is 0.388. The lowest BCUT2D eigenvalue weighted by atomic mass is 9.79. The van der Waals surface area contributed by atoms with Crippen molar-refractivity contribution in [2.75, 3.05) is 35.5 Å². The fraction of sp³-hybridized carbons (Fsp3) is 1.00. The number of piperidine rings is 3. The molecule has 0 unspecified atom stereocenters. The lowest BCUT2D eigenvalue weighted by molar-refractivity contribution is -0.255. The number of aliphatic hydroxyl groups is 1. The van der Waals surface area contributed by atoms with Crippen LogP contribution in [0.25, 0.3) is 0 Å². The molecule has 3 aliphatic heterocycles. The molecule has 0 radical (unpaired) electrons. The molecule has 0 amide bonds. The first kappa shape index (κ1) is 60.4. The van der Waals surface area contributed by atoms with Crippen molar-refractivity contribution in [2.45, 2.75) is 262 Å². The minimum Gasteiger partial charge on any atom is -0.414 e. The highest BCUT2D eigenvalue weighted by Crippen LogP contribution is 2.50. The average Bonchev–Trinajstić information content (AvgIpc) is 3.06. The van der Waals surface area contributed by atoms with Crippen molar-refractivity contribution in [3.63, 3.8) is 0 Å². The normalized spacial score (nSPS) is 24.5. The third-order valence-corrected chi connectivity index (χ3v) is 30.8. The summed E-state index contributed by atoms with van der Waals surface area (Å²) in [6, 6.07) is 1.91. The predicted octanol–water partition coefficient (Wildman–Crippen LogP) is 11.2. The second-order valence-corrected chi connectivity index (χ2v) is 41.9. The highest BCUT2D eigenvalue weighted by Gasteiger charge is 2.54. The molecule has 0 spiro atoms. The Labute approximate surface area is 387 Å². The van der Waals surface area contributed by atoms with E-state index in [9.17, 15) is 15.5 Å². The first-order valence-electron chi connectivity index (χ1n) is 23.3. The summed E-state index contributed by atoms with van der Waals surface area (Å²) in [6.45, 7) is 48.2. The van der Waals surface area contributed by atoms with Gasteiger partial charge in [0, 0.05) is 78.9 Å². The molecule has 0 aromatic heterocycles. The molecular formula is C46H103N3O9Si4. The fourth-order valence-corrected chi connectivity index (χ4v) is 24.2. The summed E-state index contributed by atoms with van der Waals surface area (Å²) in [6.07, 6.45) is 5.28. The van der Waals surface area contributed by atoms with Crippen LogP contribution in [0, 0.1) is 0 Å². The van der Waals surface area contributed by atoms with Crippen LogP contribution < -0.4 is 0 Å². The maximum atomic E-state index is 10.7. The minimum absolute atomic E-state index is 0.0517. The van der Waals surface area contributed by atoms with Gasteiger partial charge in [0.05, 0.1) is 6.10 Å². The van der Waals surface area contributed by atoms with Crippen molar-refractivity contribution in [2.24, 2.45) is 0 Å². The van der Waals surface area contributed by atoms with E-state index in [0.29, 0.717) is 0 Å². The van der Waals surface area contributed by atoms with E-state index < -0.39 is 33.8 Å². The van der Waals surface area contributed by atoms with E-state index >= 15 is 0 Å². The van der Waals surface area contributed by atoms with Crippen LogP contribution in [0.1, 0.15) is 149 Å². The highest BCUT2D eigenvalue weighted by molar-refractivity contribution is 6.79. The summed E-state index contributed by atoms with van der Waals surface area (Å²) in [7, 11) is 0.601. The summed E-state index contributed by atoms with van der Waals surface area (Å²) >= 11 is 0. The second-order valence-electron chi connectivity index (χ2n) is 25.7. The molecular weight excluding hydrogens is 851 g/mol. The second kappa shape index (κ2) is 20.5.